The largest absolute Gasteiger partial charge is 0.370 e. The molecule has 0 aromatic heterocycles. The van der Waals surface area contributed by atoms with Gasteiger partial charge in [0, 0.05) is 20.6 Å². The van der Waals surface area contributed by atoms with Gasteiger partial charge in [0.15, 0.2) is 5.96 Å². The lowest BCUT2D eigenvalue weighted by molar-refractivity contribution is 0.520. The molecule has 3 N–H and O–H groups in total. The maximum atomic E-state index is 11.9. The van der Waals surface area contributed by atoms with Crippen LogP contribution < -0.4 is 11.1 Å². The average molecular weight is 426 g/mol. The Balaban J connectivity index is 0.00000400. The van der Waals surface area contributed by atoms with Gasteiger partial charge in [-0.3, -0.25) is 0 Å². The van der Waals surface area contributed by atoms with Crippen LogP contribution in [0.4, 0.5) is 0 Å². The number of halogens is 1. The van der Waals surface area contributed by atoms with Crippen LogP contribution in [-0.2, 0) is 16.6 Å². The van der Waals surface area contributed by atoms with Gasteiger partial charge in [0.05, 0.1) is 11.4 Å². The molecule has 0 aliphatic carbocycles. The van der Waals surface area contributed by atoms with E-state index in [0.29, 0.717) is 12.5 Å². The van der Waals surface area contributed by atoms with Crippen LogP contribution in [0.3, 0.4) is 0 Å². The van der Waals surface area contributed by atoms with Crippen molar-refractivity contribution in [2.75, 3.05) is 20.6 Å². The second-order valence-corrected chi connectivity index (χ2v) is 6.71. The van der Waals surface area contributed by atoms with E-state index >= 15 is 0 Å². The van der Waals surface area contributed by atoms with E-state index in [1.54, 1.807) is 24.3 Å². The number of guanidine groups is 1. The van der Waals surface area contributed by atoms with Crippen LogP contribution in [0.2, 0.25) is 0 Å². The third-order valence-corrected chi connectivity index (χ3v) is 4.52. The van der Waals surface area contributed by atoms with Crippen LogP contribution in [0.25, 0.3) is 0 Å². The van der Waals surface area contributed by atoms with Gasteiger partial charge in [-0.2, -0.15) is 0 Å². The Labute approximate surface area is 143 Å². The summed E-state index contributed by atoms with van der Waals surface area (Å²) >= 11 is 0. The Morgan fingerprint density at radius 3 is 2.33 bits per heavy atom. The number of benzene rings is 1. The van der Waals surface area contributed by atoms with Crippen molar-refractivity contribution in [3.05, 3.63) is 29.8 Å². The van der Waals surface area contributed by atoms with Crippen molar-refractivity contribution < 1.29 is 8.42 Å². The molecule has 0 unspecified atom stereocenters. The lowest BCUT2D eigenvalue weighted by Gasteiger charge is -2.11. The molecule has 0 aliphatic heterocycles. The molecule has 6 nitrogen and oxygen atoms in total. The van der Waals surface area contributed by atoms with E-state index in [1.165, 1.54) is 18.4 Å². The van der Waals surface area contributed by atoms with Crippen molar-refractivity contribution in [3.8, 4) is 0 Å². The summed E-state index contributed by atoms with van der Waals surface area (Å²) in [4.78, 5) is 4.45. The minimum atomic E-state index is -3.38. The van der Waals surface area contributed by atoms with Crippen LogP contribution in [0, 0.1) is 0 Å². The van der Waals surface area contributed by atoms with Gasteiger partial charge in [0.1, 0.15) is 0 Å². The number of nitrogens with one attached hydrogen (secondary N) is 1. The molecule has 0 radical (unpaired) electrons. The number of nitrogens with zero attached hydrogens (tertiary/aromatic N) is 2. The minimum absolute atomic E-state index is 0. The fourth-order valence-electron chi connectivity index (χ4n) is 1.46. The minimum Gasteiger partial charge on any atom is -0.370 e. The molecule has 0 spiro atoms. The molecule has 0 atom stereocenters. The van der Waals surface area contributed by atoms with Crippen molar-refractivity contribution >= 4 is 40.0 Å². The lowest BCUT2D eigenvalue weighted by atomic mass is 10.2. The normalized spacial score (nSPS) is 12.1. The molecule has 1 aromatic rings. The highest BCUT2D eigenvalue weighted by molar-refractivity contribution is 14.0. The first-order valence-corrected chi connectivity index (χ1v) is 7.87. The number of hydrogen-bond donors (Lipinski definition) is 2. The first-order chi connectivity index (χ1) is 9.37. The molecule has 0 heterocycles. The van der Waals surface area contributed by atoms with Gasteiger partial charge in [-0.25, -0.2) is 17.7 Å². The molecule has 0 aliphatic rings. The molecule has 0 amide bonds. The molecular weight excluding hydrogens is 403 g/mol. The van der Waals surface area contributed by atoms with Crippen molar-refractivity contribution in [1.29, 1.82) is 0 Å². The number of sulfonamides is 1. The summed E-state index contributed by atoms with van der Waals surface area (Å²) in [5.74, 6) is 0.400. The summed E-state index contributed by atoms with van der Waals surface area (Å²) in [6, 6.07) is 6.64. The van der Waals surface area contributed by atoms with Crippen molar-refractivity contribution in [2.24, 2.45) is 10.7 Å². The summed E-state index contributed by atoms with van der Waals surface area (Å²) in [7, 11) is -0.361. The number of rotatable bonds is 6. The first-order valence-electron chi connectivity index (χ1n) is 6.43. The molecule has 0 fully saturated rings. The molecule has 21 heavy (non-hydrogen) atoms. The van der Waals surface area contributed by atoms with E-state index in [1.807, 2.05) is 6.92 Å². The Morgan fingerprint density at radius 1 is 1.29 bits per heavy atom. The average Bonchev–Trinajstić information content (AvgIpc) is 2.43. The molecule has 120 valence electrons. The smallest absolute Gasteiger partial charge is 0.242 e. The fraction of sp³-hybridized carbons (Fsp3) is 0.462. The van der Waals surface area contributed by atoms with Gasteiger partial charge in [-0.05, 0) is 24.1 Å². The number of nitrogens with two attached hydrogens (primary N) is 1. The van der Waals surface area contributed by atoms with Crippen molar-refractivity contribution in [2.45, 2.75) is 24.8 Å². The summed E-state index contributed by atoms with van der Waals surface area (Å²) in [5.41, 5.74) is 6.59. The summed E-state index contributed by atoms with van der Waals surface area (Å²) in [6.45, 7) is 3.25. The second kappa shape index (κ2) is 9.21. The van der Waals surface area contributed by atoms with E-state index in [2.05, 4.69) is 10.3 Å². The first kappa shape index (κ1) is 20.1. The van der Waals surface area contributed by atoms with Crippen LogP contribution in [0.5, 0.6) is 0 Å². The van der Waals surface area contributed by atoms with Gasteiger partial charge in [-0.1, -0.05) is 19.1 Å². The van der Waals surface area contributed by atoms with Crippen LogP contribution >= 0.6 is 24.0 Å². The SMILES string of the molecule is CCCNC(N)=NCc1ccc(S(=O)(=O)N(C)C)cc1.I. The monoisotopic (exact) mass is 426 g/mol. The molecule has 0 saturated heterocycles. The van der Waals surface area contributed by atoms with Gasteiger partial charge in [-0.15, -0.1) is 24.0 Å². The zero-order valence-electron chi connectivity index (χ0n) is 12.5. The third-order valence-electron chi connectivity index (χ3n) is 2.69. The molecular formula is C13H23IN4O2S. The molecule has 8 heteroatoms. The molecule has 0 bridgehead atoms. The fourth-order valence-corrected chi connectivity index (χ4v) is 2.36. The van der Waals surface area contributed by atoms with Crippen LogP contribution in [0.1, 0.15) is 18.9 Å². The number of aliphatic imine (C=N–C) groups is 1. The van der Waals surface area contributed by atoms with Gasteiger partial charge >= 0.3 is 0 Å². The Kier molecular flexibility index (Phi) is 8.83. The lowest BCUT2D eigenvalue weighted by Crippen LogP contribution is -2.32. The third kappa shape index (κ3) is 6.18. The van der Waals surface area contributed by atoms with Crippen LogP contribution in [-0.4, -0.2) is 39.3 Å². The highest BCUT2D eigenvalue weighted by Gasteiger charge is 2.16. The van der Waals surface area contributed by atoms with E-state index in [0.717, 1.165) is 18.5 Å². The summed E-state index contributed by atoms with van der Waals surface area (Å²) in [5, 5.41) is 2.98. The number of hydrogen-bond acceptors (Lipinski definition) is 3. The summed E-state index contributed by atoms with van der Waals surface area (Å²) in [6.07, 6.45) is 0.979. The Bertz CT molecular complexity index is 556. The maximum Gasteiger partial charge on any atom is 0.242 e. The van der Waals surface area contributed by atoms with Gasteiger partial charge < -0.3 is 11.1 Å². The maximum absolute atomic E-state index is 11.9. The van der Waals surface area contributed by atoms with Gasteiger partial charge in [0.25, 0.3) is 0 Å². The van der Waals surface area contributed by atoms with E-state index in [4.69, 9.17) is 5.73 Å². The van der Waals surface area contributed by atoms with Crippen molar-refractivity contribution in [1.82, 2.24) is 9.62 Å². The van der Waals surface area contributed by atoms with Crippen molar-refractivity contribution in [3.63, 3.8) is 0 Å². The summed E-state index contributed by atoms with van der Waals surface area (Å²) < 4.78 is 25.0. The highest BCUT2D eigenvalue weighted by Crippen LogP contribution is 2.14. The van der Waals surface area contributed by atoms with E-state index in [9.17, 15) is 8.42 Å². The Morgan fingerprint density at radius 2 is 1.86 bits per heavy atom. The molecule has 0 saturated carbocycles. The predicted molar refractivity (Wildman–Crippen MR) is 96.3 cm³/mol. The topological polar surface area (TPSA) is 87.8 Å². The quantitative estimate of drug-likeness (QED) is 0.409. The van der Waals surface area contributed by atoms with E-state index in [-0.39, 0.29) is 28.9 Å². The Hall–Kier alpha value is -0.870. The second-order valence-electron chi connectivity index (χ2n) is 4.56. The zero-order chi connectivity index (χ0) is 15.2. The highest BCUT2D eigenvalue weighted by atomic mass is 127. The van der Waals surface area contributed by atoms with Crippen LogP contribution in [0.15, 0.2) is 34.2 Å². The predicted octanol–water partition coefficient (Wildman–Crippen LogP) is 1.37. The molecule has 1 rings (SSSR count). The standard InChI is InChI=1S/C13H22N4O2S.HI/c1-4-9-15-13(14)16-10-11-5-7-12(8-6-11)20(18,19)17(2)3;/h5-8H,4,9-10H2,1-3H3,(H3,14,15,16);1H. The zero-order valence-corrected chi connectivity index (χ0v) is 15.7. The van der Waals surface area contributed by atoms with Gasteiger partial charge in [0.2, 0.25) is 10.0 Å². The molecule has 1 aromatic carbocycles. The van der Waals surface area contributed by atoms with E-state index < -0.39 is 10.0 Å².